The molecule has 0 spiro atoms. The first-order valence-corrected chi connectivity index (χ1v) is 28.0. The Hall–Kier alpha value is -1.40. The SMILES string of the molecule is CCCCCCCCC/C=C/C(O)C(CO)NC(=O)CCCCCCCCCCCCCCCCCCCCOC(=O)CCCCCCCCCCCCCCCCCCCC. The van der Waals surface area contributed by atoms with Crippen molar-refractivity contribution in [3.8, 4) is 0 Å². The van der Waals surface area contributed by atoms with E-state index in [2.05, 4.69) is 19.2 Å². The van der Waals surface area contributed by atoms with E-state index in [4.69, 9.17) is 4.74 Å². The van der Waals surface area contributed by atoms with Gasteiger partial charge in [-0.15, -0.1) is 0 Å². The van der Waals surface area contributed by atoms with Crippen LogP contribution in [0.15, 0.2) is 12.2 Å². The van der Waals surface area contributed by atoms with E-state index >= 15 is 0 Å². The number of allylic oxidation sites excluding steroid dienone is 1. The minimum Gasteiger partial charge on any atom is -0.466 e. The van der Waals surface area contributed by atoms with Crippen molar-refractivity contribution in [1.82, 2.24) is 5.32 Å². The van der Waals surface area contributed by atoms with Crippen LogP contribution in [0.5, 0.6) is 0 Å². The summed E-state index contributed by atoms with van der Waals surface area (Å²) in [4.78, 5) is 24.4. The Morgan fingerprint density at radius 2 is 0.742 bits per heavy atom. The molecule has 0 aromatic carbocycles. The Morgan fingerprint density at radius 1 is 0.435 bits per heavy atom. The van der Waals surface area contributed by atoms with Crippen LogP contribution in [0, 0.1) is 0 Å². The summed E-state index contributed by atoms with van der Waals surface area (Å²) < 4.78 is 5.49. The molecule has 0 aliphatic heterocycles. The number of unbranched alkanes of at least 4 members (excludes halogenated alkanes) is 41. The van der Waals surface area contributed by atoms with Crippen molar-refractivity contribution in [3.05, 3.63) is 12.2 Å². The van der Waals surface area contributed by atoms with E-state index in [1.54, 1.807) is 6.08 Å². The Labute approximate surface area is 387 Å². The summed E-state index contributed by atoms with van der Waals surface area (Å²) in [5.41, 5.74) is 0. The first-order valence-electron chi connectivity index (χ1n) is 28.0. The van der Waals surface area contributed by atoms with Gasteiger partial charge >= 0.3 is 5.97 Å². The van der Waals surface area contributed by atoms with Crippen molar-refractivity contribution >= 4 is 11.9 Å². The molecule has 6 nitrogen and oxygen atoms in total. The molecule has 0 bridgehead atoms. The molecule has 0 aliphatic carbocycles. The van der Waals surface area contributed by atoms with Gasteiger partial charge < -0.3 is 20.3 Å². The zero-order valence-electron chi connectivity index (χ0n) is 41.9. The Bertz CT molecular complexity index is 924. The Kier molecular flexibility index (Phi) is 51.0. The van der Waals surface area contributed by atoms with Gasteiger partial charge in [0, 0.05) is 12.8 Å². The zero-order valence-corrected chi connectivity index (χ0v) is 41.9. The fourth-order valence-corrected chi connectivity index (χ4v) is 8.75. The first kappa shape index (κ1) is 60.6. The molecule has 0 aromatic rings. The molecule has 3 N–H and O–H groups in total. The predicted octanol–water partition coefficient (Wildman–Crippen LogP) is 16.9. The monoisotopic (exact) mass is 876 g/mol. The first-order chi connectivity index (χ1) is 30.5. The number of aliphatic hydroxyl groups is 2. The average Bonchev–Trinajstić information content (AvgIpc) is 3.27. The number of amides is 1. The van der Waals surface area contributed by atoms with Crippen molar-refractivity contribution in [1.29, 1.82) is 0 Å². The van der Waals surface area contributed by atoms with Crippen LogP contribution in [0.2, 0.25) is 0 Å². The van der Waals surface area contributed by atoms with Gasteiger partial charge in [0.15, 0.2) is 0 Å². The van der Waals surface area contributed by atoms with E-state index in [0.29, 0.717) is 19.4 Å². The molecule has 0 saturated heterocycles. The molecule has 62 heavy (non-hydrogen) atoms. The smallest absolute Gasteiger partial charge is 0.305 e. The van der Waals surface area contributed by atoms with Crippen LogP contribution >= 0.6 is 0 Å². The second-order valence-corrected chi connectivity index (χ2v) is 19.3. The largest absolute Gasteiger partial charge is 0.466 e. The second-order valence-electron chi connectivity index (χ2n) is 19.3. The number of aliphatic hydroxyl groups excluding tert-OH is 2. The molecule has 0 fully saturated rings. The van der Waals surface area contributed by atoms with E-state index in [1.807, 2.05) is 6.08 Å². The van der Waals surface area contributed by atoms with Crippen molar-refractivity contribution < 1.29 is 24.5 Å². The van der Waals surface area contributed by atoms with Crippen LogP contribution in [-0.4, -0.2) is 47.4 Å². The minimum atomic E-state index is -0.844. The quantitative estimate of drug-likeness (QED) is 0.0321. The summed E-state index contributed by atoms with van der Waals surface area (Å²) in [6, 6.07) is -0.627. The number of hydrogen-bond acceptors (Lipinski definition) is 5. The number of rotatable bonds is 52. The highest BCUT2D eigenvalue weighted by molar-refractivity contribution is 5.76. The van der Waals surface area contributed by atoms with E-state index < -0.39 is 12.1 Å². The van der Waals surface area contributed by atoms with Gasteiger partial charge in [-0.2, -0.15) is 0 Å². The highest BCUT2D eigenvalue weighted by atomic mass is 16.5. The molecule has 6 heteroatoms. The van der Waals surface area contributed by atoms with Crippen molar-refractivity contribution in [2.75, 3.05) is 13.2 Å². The molecule has 0 rings (SSSR count). The topological polar surface area (TPSA) is 95.9 Å². The maximum absolute atomic E-state index is 12.4. The highest BCUT2D eigenvalue weighted by Gasteiger charge is 2.18. The molecular formula is C56H109NO5. The van der Waals surface area contributed by atoms with Crippen molar-refractivity contribution in [2.45, 2.75) is 321 Å². The van der Waals surface area contributed by atoms with Gasteiger partial charge in [-0.25, -0.2) is 0 Å². The molecule has 0 aliphatic rings. The van der Waals surface area contributed by atoms with Crippen LogP contribution in [0.3, 0.4) is 0 Å². The van der Waals surface area contributed by atoms with Gasteiger partial charge in [-0.3, -0.25) is 9.59 Å². The molecule has 2 atom stereocenters. The average molecular weight is 876 g/mol. The van der Waals surface area contributed by atoms with E-state index in [0.717, 1.165) is 38.5 Å². The molecule has 0 radical (unpaired) electrons. The van der Waals surface area contributed by atoms with Gasteiger partial charge in [0.2, 0.25) is 5.91 Å². The second kappa shape index (κ2) is 52.2. The number of carbonyl (C=O) groups is 2. The van der Waals surface area contributed by atoms with E-state index in [-0.39, 0.29) is 18.5 Å². The highest BCUT2D eigenvalue weighted by Crippen LogP contribution is 2.17. The van der Waals surface area contributed by atoms with Gasteiger partial charge in [0.05, 0.1) is 25.4 Å². The maximum atomic E-state index is 12.4. The van der Waals surface area contributed by atoms with E-state index in [1.165, 1.54) is 244 Å². The summed E-state index contributed by atoms with van der Waals surface area (Å²) in [5.74, 6) is -0.0628. The number of nitrogens with one attached hydrogen (secondary N) is 1. The van der Waals surface area contributed by atoms with Crippen LogP contribution in [-0.2, 0) is 14.3 Å². The van der Waals surface area contributed by atoms with Gasteiger partial charge in [0.25, 0.3) is 0 Å². The minimum absolute atomic E-state index is 0.0109. The third-order valence-electron chi connectivity index (χ3n) is 13.1. The van der Waals surface area contributed by atoms with Crippen LogP contribution in [0.4, 0.5) is 0 Å². The summed E-state index contributed by atoms with van der Waals surface area (Å²) in [6.07, 6.45) is 61.0. The molecule has 1 amide bonds. The zero-order chi connectivity index (χ0) is 45.1. The standard InChI is InChI=1S/C56H109NO5/c1-3-5-7-9-11-13-14-15-16-17-21-24-27-30-34-38-42-46-50-56(61)62-51-47-43-39-35-31-28-25-22-19-18-20-23-26-29-33-37-41-45-49-55(60)57-53(52-58)54(59)48-44-40-36-32-12-10-8-6-4-2/h44,48,53-54,58-59H,3-43,45-47,49-52H2,1-2H3,(H,57,60)/b48-44+. The molecular weight excluding hydrogens is 767 g/mol. The van der Waals surface area contributed by atoms with Gasteiger partial charge in [-0.1, -0.05) is 276 Å². The fraction of sp³-hybridized carbons (Fsp3) is 0.929. The summed E-state index contributed by atoms with van der Waals surface area (Å²) in [7, 11) is 0. The third-order valence-corrected chi connectivity index (χ3v) is 13.1. The van der Waals surface area contributed by atoms with E-state index in [9.17, 15) is 19.8 Å². The van der Waals surface area contributed by atoms with Gasteiger partial charge in [0.1, 0.15) is 0 Å². The Morgan fingerprint density at radius 3 is 1.10 bits per heavy atom. The lowest BCUT2D eigenvalue weighted by atomic mass is 10.0. The lowest BCUT2D eigenvalue weighted by Gasteiger charge is -2.20. The maximum Gasteiger partial charge on any atom is 0.305 e. The lowest BCUT2D eigenvalue weighted by Crippen LogP contribution is -2.45. The molecule has 368 valence electrons. The van der Waals surface area contributed by atoms with Crippen molar-refractivity contribution in [2.24, 2.45) is 0 Å². The van der Waals surface area contributed by atoms with Gasteiger partial charge in [-0.05, 0) is 32.1 Å². The number of esters is 1. The summed E-state index contributed by atoms with van der Waals surface area (Å²) in [6.45, 7) is 4.88. The summed E-state index contributed by atoms with van der Waals surface area (Å²) in [5, 5.41) is 22.9. The molecule has 0 heterocycles. The van der Waals surface area contributed by atoms with Crippen LogP contribution in [0.25, 0.3) is 0 Å². The number of hydrogen-bond donors (Lipinski definition) is 3. The number of carbonyl (C=O) groups excluding carboxylic acids is 2. The van der Waals surface area contributed by atoms with Crippen LogP contribution < -0.4 is 5.32 Å². The molecule has 2 unspecified atom stereocenters. The van der Waals surface area contributed by atoms with Crippen LogP contribution in [0.1, 0.15) is 309 Å². The fourth-order valence-electron chi connectivity index (χ4n) is 8.75. The van der Waals surface area contributed by atoms with Crippen molar-refractivity contribution in [3.63, 3.8) is 0 Å². The predicted molar refractivity (Wildman–Crippen MR) is 269 cm³/mol. The Balaban J connectivity index is 3.36. The summed E-state index contributed by atoms with van der Waals surface area (Å²) >= 11 is 0. The molecule has 0 aromatic heterocycles. The third kappa shape index (κ3) is 48.1. The number of ether oxygens (including phenoxy) is 1. The lowest BCUT2D eigenvalue weighted by molar-refractivity contribution is -0.143. The normalized spacial score (nSPS) is 12.6. The molecule has 0 saturated carbocycles.